The molecule has 1 amide bonds. The standard InChI is InChI=1S/C12H14ClNO2/c13-8-12(15)14-10-6-1-2-7-11(10)16-9-4-3-5-9/h1-2,6-7,9H,3-5,8H2,(H,14,15). The number of anilines is 1. The number of ether oxygens (including phenoxy) is 1. The largest absolute Gasteiger partial charge is 0.488 e. The van der Waals surface area contributed by atoms with Gasteiger partial charge in [-0.05, 0) is 31.4 Å². The number of carbonyl (C=O) groups is 1. The van der Waals surface area contributed by atoms with Crippen LogP contribution in [0, 0.1) is 0 Å². The van der Waals surface area contributed by atoms with Gasteiger partial charge < -0.3 is 10.1 Å². The lowest BCUT2D eigenvalue weighted by Crippen LogP contribution is -2.25. The van der Waals surface area contributed by atoms with Crippen LogP contribution >= 0.6 is 11.6 Å². The fourth-order valence-electron chi connectivity index (χ4n) is 1.52. The molecule has 16 heavy (non-hydrogen) atoms. The van der Waals surface area contributed by atoms with E-state index in [1.54, 1.807) is 0 Å². The summed E-state index contributed by atoms with van der Waals surface area (Å²) < 4.78 is 5.77. The second-order valence-electron chi connectivity index (χ2n) is 3.85. The summed E-state index contributed by atoms with van der Waals surface area (Å²) in [6, 6.07) is 7.43. The van der Waals surface area contributed by atoms with Gasteiger partial charge in [0.2, 0.25) is 5.91 Å². The summed E-state index contributed by atoms with van der Waals surface area (Å²) in [5, 5.41) is 2.72. The van der Waals surface area contributed by atoms with Crippen LogP contribution in [0.5, 0.6) is 5.75 Å². The molecule has 0 saturated heterocycles. The molecule has 1 fully saturated rings. The van der Waals surface area contributed by atoms with Gasteiger partial charge in [-0.2, -0.15) is 0 Å². The quantitative estimate of drug-likeness (QED) is 0.821. The Morgan fingerprint density at radius 1 is 1.44 bits per heavy atom. The van der Waals surface area contributed by atoms with Crippen LogP contribution in [0.1, 0.15) is 19.3 Å². The molecule has 0 aromatic heterocycles. The Balaban J connectivity index is 2.06. The number of amides is 1. The molecule has 0 bridgehead atoms. The molecule has 1 saturated carbocycles. The number of rotatable bonds is 4. The Labute approximate surface area is 99.7 Å². The van der Waals surface area contributed by atoms with Crippen LogP contribution in [0.2, 0.25) is 0 Å². The minimum absolute atomic E-state index is 0.0439. The number of hydrogen-bond acceptors (Lipinski definition) is 2. The minimum atomic E-state index is -0.216. The summed E-state index contributed by atoms with van der Waals surface area (Å²) in [5.74, 6) is 0.467. The number of carbonyl (C=O) groups excluding carboxylic acids is 1. The van der Waals surface area contributed by atoms with Gasteiger partial charge in [0.15, 0.2) is 0 Å². The van der Waals surface area contributed by atoms with Crippen molar-refractivity contribution in [2.45, 2.75) is 25.4 Å². The molecule has 3 nitrogen and oxygen atoms in total. The van der Waals surface area contributed by atoms with Gasteiger partial charge in [-0.3, -0.25) is 4.79 Å². The van der Waals surface area contributed by atoms with Crippen molar-refractivity contribution in [2.75, 3.05) is 11.2 Å². The Morgan fingerprint density at radius 2 is 2.19 bits per heavy atom. The number of nitrogens with one attached hydrogen (secondary N) is 1. The van der Waals surface area contributed by atoms with Gasteiger partial charge in [0.05, 0.1) is 11.8 Å². The van der Waals surface area contributed by atoms with E-state index >= 15 is 0 Å². The second-order valence-corrected chi connectivity index (χ2v) is 4.12. The highest BCUT2D eigenvalue weighted by Crippen LogP contribution is 2.30. The Bertz CT molecular complexity index is 377. The molecule has 1 aliphatic carbocycles. The summed E-state index contributed by atoms with van der Waals surface area (Å²) in [6.45, 7) is 0. The number of para-hydroxylation sites is 2. The predicted octanol–water partition coefficient (Wildman–Crippen LogP) is 2.80. The number of halogens is 1. The highest BCUT2D eigenvalue weighted by atomic mass is 35.5. The van der Waals surface area contributed by atoms with Crippen molar-refractivity contribution < 1.29 is 9.53 Å². The Morgan fingerprint density at radius 3 is 2.81 bits per heavy atom. The zero-order valence-electron chi connectivity index (χ0n) is 8.91. The molecular formula is C12H14ClNO2. The van der Waals surface area contributed by atoms with Crippen molar-refractivity contribution in [3.05, 3.63) is 24.3 Å². The zero-order chi connectivity index (χ0) is 11.4. The third-order valence-corrected chi connectivity index (χ3v) is 2.87. The monoisotopic (exact) mass is 239 g/mol. The topological polar surface area (TPSA) is 38.3 Å². The lowest BCUT2D eigenvalue weighted by atomic mass is 9.96. The highest BCUT2D eigenvalue weighted by Gasteiger charge is 2.20. The van der Waals surface area contributed by atoms with E-state index in [2.05, 4.69) is 5.32 Å². The lowest BCUT2D eigenvalue weighted by Gasteiger charge is -2.27. The summed E-state index contributed by atoms with van der Waals surface area (Å²) >= 11 is 5.45. The van der Waals surface area contributed by atoms with Crippen LogP contribution in [0.4, 0.5) is 5.69 Å². The SMILES string of the molecule is O=C(CCl)Nc1ccccc1OC1CCC1. The van der Waals surface area contributed by atoms with E-state index in [1.807, 2.05) is 24.3 Å². The number of hydrogen-bond donors (Lipinski definition) is 1. The summed E-state index contributed by atoms with van der Waals surface area (Å²) in [7, 11) is 0. The first kappa shape index (κ1) is 11.3. The second kappa shape index (κ2) is 5.21. The average molecular weight is 240 g/mol. The molecule has 0 spiro atoms. The van der Waals surface area contributed by atoms with E-state index in [0.29, 0.717) is 11.8 Å². The molecule has 0 atom stereocenters. The molecule has 1 aromatic rings. The normalized spacial score (nSPS) is 15.3. The van der Waals surface area contributed by atoms with Crippen LogP contribution < -0.4 is 10.1 Å². The van der Waals surface area contributed by atoms with Crippen LogP contribution in [-0.2, 0) is 4.79 Å². The molecule has 0 heterocycles. The van der Waals surface area contributed by atoms with Crippen LogP contribution in [0.3, 0.4) is 0 Å². The third kappa shape index (κ3) is 2.67. The van der Waals surface area contributed by atoms with Gasteiger partial charge in [-0.25, -0.2) is 0 Å². The van der Waals surface area contributed by atoms with Crippen LogP contribution in [0.15, 0.2) is 24.3 Å². The summed E-state index contributed by atoms with van der Waals surface area (Å²) in [6.07, 6.45) is 3.71. The maximum absolute atomic E-state index is 11.2. The van der Waals surface area contributed by atoms with E-state index < -0.39 is 0 Å². The molecule has 1 aromatic carbocycles. The lowest BCUT2D eigenvalue weighted by molar-refractivity contribution is -0.113. The minimum Gasteiger partial charge on any atom is -0.488 e. The molecule has 0 radical (unpaired) electrons. The maximum atomic E-state index is 11.2. The van der Waals surface area contributed by atoms with E-state index in [1.165, 1.54) is 6.42 Å². The first-order valence-electron chi connectivity index (χ1n) is 5.41. The molecule has 2 rings (SSSR count). The van der Waals surface area contributed by atoms with Crippen LogP contribution in [0.25, 0.3) is 0 Å². The van der Waals surface area contributed by atoms with Crippen LogP contribution in [-0.4, -0.2) is 17.9 Å². The Hall–Kier alpha value is -1.22. The molecule has 4 heteroatoms. The predicted molar refractivity (Wildman–Crippen MR) is 64.1 cm³/mol. The smallest absolute Gasteiger partial charge is 0.239 e. The van der Waals surface area contributed by atoms with Crippen molar-refractivity contribution in [1.82, 2.24) is 0 Å². The van der Waals surface area contributed by atoms with Crippen molar-refractivity contribution in [3.8, 4) is 5.75 Å². The fourth-order valence-corrected chi connectivity index (χ4v) is 1.59. The van der Waals surface area contributed by atoms with Gasteiger partial charge >= 0.3 is 0 Å². The van der Waals surface area contributed by atoms with Crippen molar-refractivity contribution in [1.29, 1.82) is 0 Å². The van der Waals surface area contributed by atoms with Gasteiger partial charge in [0.25, 0.3) is 0 Å². The fraction of sp³-hybridized carbons (Fsp3) is 0.417. The Kier molecular flexibility index (Phi) is 3.67. The third-order valence-electron chi connectivity index (χ3n) is 2.63. The zero-order valence-corrected chi connectivity index (χ0v) is 9.67. The maximum Gasteiger partial charge on any atom is 0.239 e. The first-order chi connectivity index (χ1) is 7.79. The average Bonchev–Trinajstić information content (AvgIpc) is 2.25. The molecule has 1 N–H and O–H groups in total. The van der Waals surface area contributed by atoms with Crippen molar-refractivity contribution in [3.63, 3.8) is 0 Å². The molecule has 0 unspecified atom stereocenters. The number of alkyl halides is 1. The van der Waals surface area contributed by atoms with Gasteiger partial charge in [0.1, 0.15) is 11.6 Å². The van der Waals surface area contributed by atoms with Crippen molar-refractivity contribution >= 4 is 23.2 Å². The van der Waals surface area contributed by atoms with E-state index in [4.69, 9.17) is 16.3 Å². The molecule has 1 aliphatic rings. The molecule has 0 aliphatic heterocycles. The molecular weight excluding hydrogens is 226 g/mol. The highest BCUT2D eigenvalue weighted by molar-refractivity contribution is 6.29. The van der Waals surface area contributed by atoms with Gasteiger partial charge in [-0.1, -0.05) is 12.1 Å². The molecule has 86 valence electrons. The summed E-state index contributed by atoms with van der Waals surface area (Å²) in [4.78, 5) is 11.2. The van der Waals surface area contributed by atoms with E-state index in [9.17, 15) is 4.79 Å². The van der Waals surface area contributed by atoms with E-state index in [0.717, 1.165) is 18.6 Å². The summed E-state index contributed by atoms with van der Waals surface area (Å²) in [5.41, 5.74) is 0.694. The van der Waals surface area contributed by atoms with E-state index in [-0.39, 0.29) is 11.8 Å². The van der Waals surface area contributed by atoms with Gasteiger partial charge in [-0.15, -0.1) is 11.6 Å². The number of benzene rings is 1. The first-order valence-corrected chi connectivity index (χ1v) is 5.94. The van der Waals surface area contributed by atoms with Gasteiger partial charge in [0, 0.05) is 0 Å². The van der Waals surface area contributed by atoms with Crippen molar-refractivity contribution in [2.24, 2.45) is 0 Å².